The molecule has 1 amide bonds. The largest absolute Gasteiger partial charge is 0.444 e. The Morgan fingerprint density at radius 1 is 1.28 bits per heavy atom. The second-order valence-electron chi connectivity index (χ2n) is 9.28. The van der Waals surface area contributed by atoms with E-state index in [1.165, 1.54) is 0 Å². The number of pyridine rings is 1. The lowest BCUT2D eigenvalue weighted by atomic mass is 10.1. The Morgan fingerprint density at radius 2 is 2.03 bits per heavy atom. The van der Waals surface area contributed by atoms with Gasteiger partial charge in [0.15, 0.2) is 5.65 Å². The first-order valence-corrected chi connectivity index (χ1v) is 11.2. The number of carbonyl (C=O) groups is 1. The van der Waals surface area contributed by atoms with E-state index in [1.807, 2.05) is 50.7 Å². The third kappa shape index (κ3) is 6.20. The van der Waals surface area contributed by atoms with Crippen LogP contribution in [-0.2, 0) is 11.3 Å². The Labute approximate surface area is 194 Å². The fourth-order valence-electron chi connectivity index (χ4n) is 3.39. The van der Waals surface area contributed by atoms with Gasteiger partial charge in [-0.3, -0.25) is 0 Å². The summed E-state index contributed by atoms with van der Waals surface area (Å²) in [6, 6.07) is 10.4. The van der Waals surface area contributed by atoms with Gasteiger partial charge in [0.1, 0.15) is 5.60 Å². The topological polar surface area (TPSA) is 72.3 Å². The Hall–Kier alpha value is -2.64. The van der Waals surface area contributed by atoms with Gasteiger partial charge >= 0.3 is 6.09 Å². The molecule has 3 rings (SSSR count). The minimum atomic E-state index is -0.497. The number of alkyl carbamates (subject to hydrolysis) is 1. The molecule has 0 aliphatic heterocycles. The van der Waals surface area contributed by atoms with Crippen molar-refractivity contribution in [2.45, 2.75) is 52.8 Å². The molecule has 172 valence electrons. The summed E-state index contributed by atoms with van der Waals surface area (Å²) >= 11 is 6.53. The van der Waals surface area contributed by atoms with E-state index < -0.39 is 11.7 Å². The number of benzene rings is 1. The maximum absolute atomic E-state index is 11.8. The number of ether oxygens (including phenoxy) is 1. The van der Waals surface area contributed by atoms with E-state index in [4.69, 9.17) is 21.3 Å². The second kappa shape index (κ2) is 9.88. The van der Waals surface area contributed by atoms with Crippen molar-refractivity contribution in [1.29, 1.82) is 0 Å². The molecule has 0 bridgehead atoms. The second-order valence-corrected chi connectivity index (χ2v) is 9.68. The number of halogens is 1. The molecule has 8 heteroatoms. The van der Waals surface area contributed by atoms with Gasteiger partial charge in [-0.15, -0.1) is 0 Å². The molecule has 1 N–H and O–H groups in total. The van der Waals surface area contributed by atoms with Crippen LogP contribution >= 0.6 is 11.6 Å². The van der Waals surface area contributed by atoms with Crippen LogP contribution in [0.4, 0.5) is 4.79 Å². The average molecular weight is 458 g/mol. The van der Waals surface area contributed by atoms with Crippen molar-refractivity contribution in [3.05, 3.63) is 47.1 Å². The van der Waals surface area contributed by atoms with Crippen molar-refractivity contribution in [2.75, 3.05) is 20.1 Å². The monoisotopic (exact) mass is 457 g/mol. The lowest BCUT2D eigenvalue weighted by Crippen LogP contribution is -2.36. The van der Waals surface area contributed by atoms with Gasteiger partial charge in [-0.2, -0.15) is 5.10 Å². The average Bonchev–Trinajstić information content (AvgIpc) is 3.11. The number of nitrogens with one attached hydrogen (secondary N) is 1. The fourth-order valence-corrected chi connectivity index (χ4v) is 3.63. The van der Waals surface area contributed by atoms with Gasteiger partial charge in [0, 0.05) is 31.2 Å². The molecule has 0 aliphatic rings. The zero-order chi connectivity index (χ0) is 23.5. The van der Waals surface area contributed by atoms with Gasteiger partial charge < -0.3 is 15.0 Å². The number of nitrogens with zero attached hydrogens (tertiary/aromatic N) is 4. The Balaban J connectivity index is 1.68. The van der Waals surface area contributed by atoms with E-state index in [0.29, 0.717) is 18.1 Å². The van der Waals surface area contributed by atoms with Crippen LogP contribution in [0.15, 0.2) is 36.5 Å². The molecule has 0 spiro atoms. The number of fused-ring (bicyclic) bond motifs is 1. The maximum Gasteiger partial charge on any atom is 0.407 e. The van der Waals surface area contributed by atoms with Gasteiger partial charge in [-0.25, -0.2) is 14.5 Å². The molecule has 0 aliphatic carbocycles. The van der Waals surface area contributed by atoms with Crippen LogP contribution in [0.5, 0.6) is 0 Å². The molecule has 7 nitrogen and oxygen atoms in total. The zero-order valence-corrected chi connectivity index (χ0v) is 20.4. The van der Waals surface area contributed by atoms with Crippen molar-refractivity contribution in [3.8, 4) is 11.3 Å². The lowest BCUT2D eigenvalue weighted by Gasteiger charge is -2.21. The number of amides is 1. The predicted molar refractivity (Wildman–Crippen MR) is 129 cm³/mol. The molecule has 0 saturated carbocycles. The van der Waals surface area contributed by atoms with Crippen molar-refractivity contribution in [1.82, 2.24) is 25.0 Å². The summed E-state index contributed by atoms with van der Waals surface area (Å²) in [4.78, 5) is 18.8. The summed E-state index contributed by atoms with van der Waals surface area (Å²) in [5.41, 5.74) is 3.27. The zero-order valence-electron chi connectivity index (χ0n) is 19.6. The summed E-state index contributed by atoms with van der Waals surface area (Å²) in [7, 11) is 2.02. The quantitative estimate of drug-likeness (QED) is 0.522. The van der Waals surface area contributed by atoms with Gasteiger partial charge in [0.2, 0.25) is 0 Å². The van der Waals surface area contributed by atoms with Gasteiger partial charge in [-0.1, -0.05) is 29.8 Å². The lowest BCUT2D eigenvalue weighted by molar-refractivity contribution is 0.0523. The normalized spacial score (nSPS) is 12.0. The van der Waals surface area contributed by atoms with E-state index >= 15 is 0 Å². The summed E-state index contributed by atoms with van der Waals surface area (Å²) in [5.74, 6) is 0. The van der Waals surface area contributed by atoms with Gasteiger partial charge in [0.25, 0.3) is 0 Å². The molecule has 0 fully saturated rings. The van der Waals surface area contributed by atoms with E-state index in [9.17, 15) is 4.79 Å². The summed E-state index contributed by atoms with van der Waals surface area (Å²) in [5, 5.41) is 8.73. The smallest absolute Gasteiger partial charge is 0.407 e. The molecular weight excluding hydrogens is 426 g/mol. The molecule has 0 unspecified atom stereocenters. The molecule has 3 aromatic rings. The van der Waals surface area contributed by atoms with Crippen LogP contribution in [0.25, 0.3) is 22.3 Å². The first kappa shape index (κ1) is 24.0. The molecule has 32 heavy (non-hydrogen) atoms. The minimum absolute atomic E-state index is 0.195. The van der Waals surface area contributed by atoms with Gasteiger partial charge in [-0.05, 0) is 59.4 Å². The first-order valence-electron chi connectivity index (χ1n) is 10.8. The third-order valence-corrected chi connectivity index (χ3v) is 5.16. The van der Waals surface area contributed by atoms with Crippen molar-refractivity contribution in [3.63, 3.8) is 0 Å². The minimum Gasteiger partial charge on any atom is -0.444 e. The number of hydrogen-bond donors (Lipinski definition) is 1. The molecule has 1 aromatic carbocycles. The molecule has 2 aromatic heterocycles. The summed E-state index contributed by atoms with van der Waals surface area (Å²) in [6.45, 7) is 11.6. The van der Waals surface area contributed by atoms with Crippen LogP contribution < -0.4 is 5.32 Å². The highest BCUT2D eigenvalue weighted by Gasteiger charge is 2.16. The van der Waals surface area contributed by atoms with Crippen LogP contribution in [0.2, 0.25) is 5.02 Å². The molecule has 0 atom stereocenters. The van der Waals surface area contributed by atoms with Crippen LogP contribution in [0.1, 0.15) is 46.2 Å². The highest BCUT2D eigenvalue weighted by molar-refractivity contribution is 6.35. The Bertz CT molecular complexity index is 1090. The van der Waals surface area contributed by atoms with Crippen molar-refractivity contribution < 1.29 is 9.53 Å². The van der Waals surface area contributed by atoms with Gasteiger partial charge in [0.05, 0.1) is 22.3 Å². The fraction of sp³-hybridized carbons (Fsp3) is 0.458. The maximum atomic E-state index is 11.8. The van der Waals surface area contributed by atoms with Crippen molar-refractivity contribution >= 4 is 28.7 Å². The number of aromatic nitrogens is 3. The highest BCUT2D eigenvalue weighted by atomic mass is 35.5. The van der Waals surface area contributed by atoms with Crippen LogP contribution in [0, 0.1) is 0 Å². The molecule has 0 saturated heterocycles. The molecule has 2 heterocycles. The van der Waals surface area contributed by atoms with E-state index in [-0.39, 0.29) is 6.04 Å². The molecular formula is C24H32ClN5O2. The molecule has 0 radical (unpaired) electrons. The third-order valence-electron chi connectivity index (χ3n) is 4.84. The Kier molecular flexibility index (Phi) is 7.41. The number of likely N-dealkylation sites (N-methyl/N-ethyl adjacent to an activating group) is 1. The predicted octanol–water partition coefficient (Wildman–Crippen LogP) is 5.29. The standard InChI is InChI=1S/C24H32ClN5O2/c1-16(2)30-22-19(14-27-30)20(25)13-21(28-22)18-9-7-8-17(12-18)15-29(6)11-10-26-23(31)32-24(3,4)5/h7-9,12-14,16H,10-11,15H2,1-6H3,(H,26,31). The van der Waals surface area contributed by atoms with E-state index in [1.54, 1.807) is 6.20 Å². The van der Waals surface area contributed by atoms with E-state index in [2.05, 4.69) is 41.3 Å². The van der Waals surface area contributed by atoms with Crippen LogP contribution in [0.3, 0.4) is 0 Å². The van der Waals surface area contributed by atoms with Crippen LogP contribution in [-0.4, -0.2) is 51.5 Å². The van der Waals surface area contributed by atoms with E-state index in [0.717, 1.165) is 34.4 Å². The SMILES string of the molecule is CC(C)n1ncc2c(Cl)cc(-c3cccc(CN(C)CCNC(=O)OC(C)(C)C)c3)nc21. The Morgan fingerprint density at radius 3 is 2.72 bits per heavy atom. The summed E-state index contributed by atoms with van der Waals surface area (Å²) < 4.78 is 7.16. The summed E-state index contributed by atoms with van der Waals surface area (Å²) in [6.07, 6.45) is 1.37. The first-order chi connectivity index (χ1) is 15.0. The number of rotatable bonds is 7. The van der Waals surface area contributed by atoms with Crippen molar-refractivity contribution in [2.24, 2.45) is 0 Å². The number of hydrogen-bond acceptors (Lipinski definition) is 5. The number of carbonyl (C=O) groups excluding carboxylic acids is 1. The highest BCUT2D eigenvalue weighted by Crippen LogP contribution is 2.29.